The zero-order chi connectivity index (χ0) is 15.2. The number of nitrogens with zero attached hydrogens (tertiary/aromatic N) is 3. The maximum absolute atomic E-state index is 11.9. The molecule has 0 unspecified atom stereocenters. The summed E-state index contributed by atoms with van der Waals surface area (Å²) in [4.78, 5) is 18.4. The van der Waals surface area contributed by atoms with E-state index in [0.717, 1.165) is 18.9 Å². The first-order valence-electron chi connectivity index (χ1n) is 7.05. The average molecular weight is 288 g/mol. The first-order valence-corrected chi connectivity index (χ1v) is 7.05. The number of carbonyl (C=O) groups excluding carboxylic acids is 1. The van der Waals surface area contributed by atoms with E-state index < -0.39 is 0 Å². The molecule has 2 rings (SSSR count). The second kappa shape index (κ2) is 6.88. The highest BCUT2D eigenvalue weighted by Crippen LogP contribution is 2.14. The molecule has 0 bridgehead atoms. The van der Waals surface area contributed by atoms with Crippen molar-refractivity contribution in [2.75, 3.05) is 23.3 Å². The van der Waals surface area contributed by atoms with Gasteiger partial charge in [-0.1, -0.05) is 5.16 Å². The molecule has 0 saturated heterocycles. The molecule has 0 atom stereocenters. The minimum Gasteiger partial charge on any atom is -0.361 e. The third-order valence-corrected chi connectivity index (χ3v) is 3.14. The maximum atomic E-state index is 11.9. The predicted molar refractivity (Wildman–Crippen MR) is 81.4 cm³/mol. The van der Waals surface area contributed by atoms with Crippen molar-refractivity contribution in [1.29, 1.82) is 0 Å². The predicted octanol–water partition coefficient (Wildman–Crippen LogP) is 2.41. The Bertz CT molecular complexity index is 588. The molecule has 0 aliphatic carbocycles. The highest BCUT2D eigenvalue weighted by Gasteiger charge is 2.09. The van der Waals surface area contributed by atoms with Gasteiger partial charge in [-0.25, -0.2) is 4.98 Å². The monoisotopic (exact) mass is 288 g/mol. The zero-order valence-corrected chi connectivity index (χ0v) is 12.6. The fourth-order valence-corrected chi connectivity index (χ4v) is 2.07. The van der Waals surface area contributed by atoms with Crippen LogP contribution in [0.5, 0.6) is 0 Å². The Kier molecular flexibility index (Phi) is 4.92. The molecule has 0 spiro atoms. The Morgan fingerprint density at radius 1 is 1.33 bits per heavy atom. The molecule has 1 amide bonds. The highest BCUT2D eigenvalue weighted by atomic mass is 16.5. The molecule has 2 heterocycles. The minimum atomic E-state index is -0.138. The van der Waals surface area contributed by atoms with Gasteiger partial charge in [0.1, 0.15) is 11.6 Å². The summed E-state index contributed by atoms with van der Waals surface area (Å²) in [5, 5.41) is 6.60. The molecule has 6 heteroatoms. The fraction of sp³-hybridized carbons (Fsp3) is 0.400. The van der Waals surface area contributed by atoms with E-state index in [4.69, 9.17) is 4.52 Å². The number of aryl methyl sites for hydroxylation is 1. The topological polar surface area (TPSA) is 71.3 Å². The largest absolute Gasteiger partial charge is 0.361 e. The SMILES string of the molecule is CCN(CC)c1ccc(NC(=O)Cc2cc(C)on2)cn1. The minimum absolute atomic E-state index is 0.138. The van der Waals surface area contributed by atoms with Crippen LogP contribution >= 0.6 is 0 Å². The second-order valence-electron chi connectivity index (χ2n) is 4.73. The normalized spacial score (nSPS) is 10.4. The van der Waals surface area contributed by atoms with Crippen LogP contribution in [-0.4, -0.2) is 29.1 Å². The summed E-state index contributed by atoms with van der Waals surface area (Å²) in [6.07, 6.45) is 1.86. The van der Waals surface area contributed by atoms with E-state index in [9.17, 15) is 4.79 Å². The molecule has 112 valence electrons. The van der Waals surface area contributed by atoms with Crippen molar-refractivity contribution in [1.82, 2.24) is 10.1 Å². The van der Waals surface area contributed by atoms with Gasteiger partial charge in [-0.2, -0.15) is 0 Å². The molecule has 2 aromatic heterocycles. The first kappa shape index (κ1) is 15.0. The molecule has 0 aliphatic heterocycles. The number of aromatic nitrogens is 2. The van der Waals surface area contributed by atoms with E-state index in [-0.39, 0.29) is 12.3 Å². The van der Waals surface area contributed by atoms with Crippen LogP contribution in [0.15, 0.2) is 28.9 Å². The number of hydrogen-bond acceptors (Lipinski definition) is 5. The van der Waals surface area contributed by atoms with Crippen molar-refractivity contribution < 1.29 is 9.32 Å². The zero-order valence-electron chi connectivity index (χ0n) is 12.6. The van der Waals surface area contributed by atoms with Crippen LogP contribution in [-0.2, 0) is 11.2 Å². The van der Waals surface area contributed by atoms with E-state index in [1.807, 2.05) is 12.1 Å². The third-order valence-electron chi connectivity index (χ3n) is 3.14. The van der Waals surface area contributed by atoms with Gasteiger partial charge >= 0.3 is 0 Å². The molecule has 0 saturated carbocycles. The van der Waals surface area contributed by atoms with Crippen LogP contribution in [0.25, 0.3) is 0 Å². The standard InChI is InChI=1S/C15H20N4O2/c1-4-19(5-2)14-7-6-12(10-16-14)17-15(20)9-13-8-11(3)21-18-13/h6-8,10H,4-5,9H2,1-3H3,(H,17,20). The van der Waals surface area contributed by atoms with Gasteiger partial charge in [0.15, 0.2) is 0 Å². The van der Waals surface area contributed by atoms with E-state index in [1.165, 1.54) is 0 Å². The molecule has 0 radical (unpaired) electrons. The number of anilines is 2. The summed E-state index contributed by atoms with van der Waals surface area (Å²) >= 11 is 0. The van der Waals surface area contributed by atoms with Crippen LogP contribution in [0.4, 0.5) is 11.5 Å². The lowest BCUT2D eigenvalue weighted by Gasteiger charge is -2.19. The molecule has 0 fully saturated rings. The number of hydrogen-bond donors (Lipinski definition) is 1. The van der Waals surface area contributed by atoms with Crippen molar-refractivity contribution in [3.05, 3.63) is 35.9 Å². The van der Waals surface area contributed by atoms with Gasteiger partial charge in [0.25, 0.3) is 0 Å². The molecular formula is C15H20N4O2. The molecular weight excluding hydrogens is 268 g/mol. The van der Waals surface area contributed by atoms with E-state index in [0.29, 0.717) is 17.1 Å². The van der Waals surface area contributed by atoms with Crippen LogP contribution in [0.3, 0.4) is 0 Å². The maximum Gasteiger partial charge on any atom is 0.230 e. The second-order valence-corrected chi connectivity index (χ2v) is 4.73. The van der Waals surface area contributed by atoms with Gasteiger partial charge in [-0.3, -0.25) is 4.79 Å². The first-order chi connectivity index (χ1) is 10.1. The van der Waals surface area contributed by atoms with Gasteiger partial charge in [0.05, 0.1) is 24.0 Å². The van der Waals surface area contributed by atoms with Crippen LogP contribution in [0.2, 0.25) is 0 Å². The Hall–Kier alpha value is -2.37. The Morgan fingerprint density at radius 3 is 2.62 bits per heavy atom. The summed E-state index contributed by atoms with van der Waals surface area (Å²) < 4.78 is 4.93. The smallest absolute Gasteiger partial charge is 0.230 e. The van der Waals surface area contributed by atoms with Crippen molar-refractivity contribution in [3.63, 3.8) is 0 Å². The Morgan fingerprint density at radius 2 is 2.10 bits per heavy atom. The number of rotatable bonds is 6. The van der Waals surface area contributed by atoms with Crippen molar-refractivity contribution in [2.24, 2.45) is 0 Å². The number of amides is 1. The number of carbonyl (C=O) groups is 1. The lowest BCUT2D eigenvalue weighted by atomic mass is 10.2. The summed E-state index contributed by atoms with van der Waals surface area (Å²) in [6, 6.07) is 5.51. The van der Waals surface area contributed by atoms with E-state index in [2.05, 4.69) is 34.2 Å². The van der Waals surface area contributed by atoms with Gasteiger partial charge < -0.3 is 14.7 Å². The van der Waals surface area contributed by atoms with Crippen molar-refractivity contribution >= 4 is 17.4 Å². The molecule has 21 heavy (non-hydrogen) atoms. The van der Waals surface area contributed by atoms with Gasteiger partial charge in [-0.05, 0) is 32.9 Å². The molecule has 0 aromatic carbocycles. The van der Waals surface area contributed by atoms with Crippen molar-refractivity contribution in [3.8, 4) is 0 Å². The molecule has 6 nitrogen and oxygen atoms in total. The van der Waals surface area contributed by atoms with E-state index >= 15 is 0 Å². The quantitative estimate of drug-likeness (QED) is 0.883. The lowest BCUT2D eigenvalue weighted by Crippen LogP contribution is -2.23. The fourth-order valence-electron chi connectivity index (χ4n) is 2.07. The summed E-state index contributed by atoms with van der Waals surface area (Å²) in [5.74, 6) is 1.47. The van der Waals surface area contributed by atoms with Gasteiger partial charge in [0, 0.05) is 19.2 Å². The number of nitrogens with one attached hydrogen (secondary N) is 1. The van der Waals surface area contributed by atoms with E-state index in [1.54, 1.807) is 19.2 Å². The number of pyridine rings is 1. The molecule has 0 aliphatic rings. The van der Waals surface area contributed by atoms with Crippen LogP contribution < -0.4 is 10.2 Å². The summed E-state index contributed by atoms with van der Waals surface area (Å²) in [5.41, 5.74) is 1.30. The Balaban J connectivity index is 1.95. The summed E-state index contributed by atoms with van der Waals surface area (Å²) in [7, 11) is 0. The van der Waals surface area contributed by atoms with Crippen LogP contribution in [0, 0.1) is 6.92 Å². The Labute approximate surface area is 124 Å². The molecule has 1 N–H and O–H groups in total. The lowest BCUT2D eigenvalue weighted by molar-refractivity contribution is -0.115. The third kappa shape index (κ3) is 4.05. The molecule has 2 aromatic rings. The summed E-state index contributed by atoms with van der Waals surface area (Å²) in [6.45, 7) is 7.77. The van der Waals surface area contributed by atoms with Gasteiger partial charge in [-0.15, -0.1) is 0 Å². The van der Waals surface area contributed by atoms with Crippen LogP contribution in [0.1, 0.15) is 25.3 Å². The van der Waals surface area contributed by atoms with Gasteiger partial charge in [0.2, 0.25) is 5.91 Å². The van der Waals surface area contributed by atoms with Crippen molar-refractivity contribution in [2.45, 2.75) is 27.2 Å². The highest BCUT2D eigenvalue weighted by molar-refractivity contribution is 5.91. The average Bonchev–Trinajstić information content (AvgIpc) is 2.87.